The molecule has 0 amide bonds. The highest BCUT2D eigenvalue weighted by Crippen LogP contribution is 2.23. The second-order valence-corrected chi connectivity index (χ2v) is 5.87. The van der Waals surface area contributed by atoms with Gasteiger partial charge in [0.05, 0.1) is 0 Å². The molecule has 1 atom stereocenters. The number of nitrogens with one attached hydrogen (secondary N) is 1. The lowest BCUT2D eigenvalue weighted by Gasteiger charge is -2.33. The van der Waals surface area contributed by atoms with Crippen molar-refractivity contribution in [2.45, 2.75) is 69.9 Å². The van der Waals surface area contributed by atoms with E-state index in [1.54, 1.807) is 7.05 Å². The highest BCUT2D eigenvalue weighted by atomic mass is 16.4. The number of hydrogen-bond donors (Lipinski definition) is 2. The van der Waals surface area contributed by atoms with Crippen LogP contribution >= 0.6 is 0 Å². The molecule has 4 nitrogen and oxygen atoms in total. The van der Waals surface area contributed by atoms with E-state index < -0.39 is 11.5 Å². The van der Waals surface area contributed by atoms with Crippen LogP contribution in [0, 0.1) is 0 Å². The Morgan fingerprint density at radius 1 is 1.37 bits per heavy atom. The molecule has 0 aliphatic heterocycles. The van der Waals surface area contributed by atoms with Crippen LogP contribution in [0.1, 0.15) is 58.3 Å². The molecule has 0 spiro atoms. The van der Waals surface area contributed by atoms with Gasteiger partial charge in [0.15, 0.2) is 0 Å². The van der Waals surface area contributed by atoms with Crippen molar-refractivity contribution >= 4 is 5.97 Å². The van der Waals surface area contributed by atoms with Crippen LogP contribution in [0.5, 0.6) is 0 Å². The largest absolute Gasteiger partial charge is 0.480 e. The molecule has 0 saturated heterocycles. The topological polar surface area (TPSA) is 52.6 Å². The van der Waals surface area contributed by atoms with E-state index in [0.717, 1.165) is 13.0 Å². The van der Waals surface area contributed by atoms with Crippen molar-refractivity contribution in [3.05, 3.63) is 0 Å². The minimum absolute atomic E-state index is 0.631. The van der Waals surface area contributed by atoms with Gasteiger partial charge >= 0.3 is 5.97 Å². The van der Waals surface area contributed by atoms with E-state index in [4.69, 9.17) is 0 Å². The second-order valence-electron chi connectivity index (χ2n) is 5.87. The third-order valence-corrected chi connectivity index (χ3v) is 4.80. The number of likely N-dealkylation sites (N-methyl/N-ethyl adjacent to an activating group) is 1. The number of aliphatic carboxylic acids is 1. The molecular weight excluding hydrogens is 240 g/mol. The predicted molar refractivity (Wildman–Crippen MR) is 78.5 cm³/mol. The average Bonchev–Trinajstić information content (AvgIpc) is 2.44. The maximum absolute atomic E-state index is 11.4. The third-order valence-electron chi connectivity index (χ3n) is 4.80. The second kappa shape index (κ2) is 7.85. The minimum Gasteiger partial charge on any atom is -0.480 e. The zero-order chi connectivity index (χ0) is 14.3. The summed E-state index contributed by atoms with van der Waals surface area (Å²) in [6.07, 6.45) is 8.95. The lowest BCUT2D eigenvalue weighted by atomic mass is 9.90. The Labute approximate surface area is 117 Å². The fraction of sp³-hybridized carbons (Fsp3) is 0.933. The Kier molecular flexibility index (Phi) is 6.80. The first-order chi connectivity index (χ1) is 9.05. The lowest BCUT2D eigenvalue weighted by molar-refractivity contribution is -0.145. The smallest absolute Gasteiger partial charge is 0.323 e. The first kappa shape index (κ1) is 16.4. The first-order valence-corrected chi connectivity index (χ1v) is 7.68. The van der Waals surface area contributed by atoms with Crippen molar-refractivity contribution in [1.29, 1.82) is 0 Å². The van der Waals surface area contributed by atoms with Crippen molar-refractivity contribution in [3.63, 3.8) is 0 Å². The predicted octanol–water partition coefficient (Wildman–Crippen LogP) is 2.48. The highest BCUT2D eigenvalue weighted by Gasteiger charge is 2.34. The molecule has 2 N–H and O–H groups in total. The van der Waals surface area contributed by atoms with Crippen LogP contribution in [0.15, 0.2) is 0 Å². The van der Waals surface area contributed by atoms with Crippen molar-refractivity contribution < 1.29 is 9.90 Å². The number of carboxylic acid groups (broad SMARTS) is 1. The van der Waals surface area contributed by atoms with Gasteiger partial charge in [-0.1, -0.05) is 26.2 Å². The van der Waals surface area contributed by atoms with Crippen LogP contribution in [0.3, 0.4) is 0 Å². The van der Waals surface area contributed by atoms with Gasteiger partial charge in [-0.3, -0.25) is 4.79 Å². The van der Waals surface area contributed by atoms with Gasteiger partial charge in [-0.15, -0.1) is 0 Å². The summed E-state index contributed by atoms with van der Waals surface area (Å²) in [6, 6.07) is 0.712. The molecule has 19 heavy (non-hydrogen) atoms. The Morgan fingerprint density at radius 3 is 2.47 bits per heavy atom. The van der Waals surface area contributed by atoms with Crippen LogP contribution in [0.25, 0.3) is 0 Å². The number of nitrogens with zero attached hydrogens (tertiary/aromatic N) is 1. The van der Waals surface area contributed by atoms with Crippen LogP contribution in [-0.2, 0) is 4.79 Å². The molecule has 0 aromatic rings. The van der Waals surface area contributed by atoms with E-state index in [2.05, 4.69) is 17.3 Å². The van der Waals surface area contributed by atoms with E-state index in [9.17, 15) is 9.90 Å². The van der Waals surface area contributed by atoms with Crippen molar-refractivity contribution in [3.8, 4) is 0 Å². The highest BCUT2D eigenvalue weighted by molar-refractivity contribution is 5.78. The zero-order valence-electron chi connectivity index (χ0n) is 12.7. The summed E-state index contributed by atoms with van der Waals surface area (Å²) < 4.78 is 0. The molecule has 0 aromatic heterocycles. The quantitative estimate of drug-likeness (QED) is 0.711. The number of carbonyl (C=O) groups is 1. The summed E-state index contributed by atoms with van der Waals surface area (Å²) in [5, 5.41) is 12.4. The molecule has 1 saturated carbocycles. The van der Waals surface area contributed by atoms with Gasteiger partial charge in [-0.2, -0.15) is 0 Å². The van der Waals surface area contributed by atoms with Gasteiger partial charge in [0.25, 0.3) is 0 Å². The van der Waals surface area contributed by atoms with Gasteiger partial charge in [0.2, 0.25) is 0 Å². The van der Waals surface area contributed by atoms with E-state index in [0.29, 0.717) is 18.9 Å². The van der Waals surface area contributed by atoms with Gasteiger partial charge in [0, 0.05) is 6.04 Å². The molecule has 0 aromatic carbocycles. The Bertz CT molecular complexity index is 271. The molecule has 0 bridgehead atoms. The van der Waals surface area contributed by atoms with Gasteiger partial charge in [-0.25, -0.2) is 0 Å². The number of hydrogen-bond acceptors (Lipinski definition) is 3. The Balaban J connectivity index is 2.36. The van der Waals surface area contributed by atoms with Crippen LogP contribution in [0.4, 0.5) is 0 Å². The van der Waals surface area contributed by atoms with Crippen molar-refractivity contribution in [2.75, 3.05) is 20.6 Å². The minimum atomic E-state index is -0.743. The van der Waals surface area contributed by atoms with E-state index in [1.165, 1.54) is 32.1 Å². The monoisotopic (exact) mass is 270 g/mol. The van der Waals surface area contributed by atoms with Gasteiger partial charge in [0.1, 0.15) is 5.54 Å². The number of rotatable bonds is 8. The molecule has 112 valence electrons. The molecule has 1 aliphatic carbocycles. The molecule has 0 radical (unpaired) electrons. The Morgan fingerprint density at radius 2 is 2.00 bits per heavy atom. The standard InChI is InChI=1S/C15H30N2O2/c1-4-15(16-2,14(18)19)11-8-12-17(3)13-9-6-5-7-10-13/h13,16H,4-12H2,1-3H3,(H,18,19). The first-order valence-electron chi connectivity index (χ1n) is 7.68. The molecule has 1 rings (SSSR count). The molecule has 1 unspecified atom stereocenters. The van der Waals surface area contributed by atoms with Crippen molar-refractivity contribution in [2.24, 2.45) is 0 Å². The van der Waals surface area contributed by atoms with E-state index in [1.807, 2.05) is 6.92 Å². The van der Waals surface area contributed by atoms with Crippen LogP contribution in [-0.4, -0.2) is 48.2 Å². The summed E-state index contributed by atoms with van der Waals surface area (Å²) in [5.74, 6) is -0.724. The molecule has 1 fully saturated rings. The normalized spacial score (nSPS) is 20.4. The molecule has 4 heteroatoms. The summed E-state index contributed by atoms with van der Waals surface area (Å²) in [7, 11) is 3.94. The van der Waals surface area contributed by atoms with Gasteiger partial charge < -0.3 is 15.3 Å². The summed E-state index contributed by atoms with van der Waals surface area (Å²) in [4.78, 5) is 13.8. The summed E-state index contributed by atoms with van der Waals surface area (Å²) >= 11 is 0. The third kappa shape index (κ3) is 4.46. The van der Waals surface area contributed by atoms with Gasteiger partial charge in [-0.05, 0) is 52.7 Å². The average molecular weight is 270 g/mol. The molecular formula is C15H30N2O2. The summed E-state index contributed by atoms with van der Waals surface area (Å²) in [5.41, 5.74) is -0.743. The Hall–Kier alpha value is -0.610. The fourth-order valence-electron chi connectivity index (χ4n) is 3.18. The molecule has 1 aliphatic rings. The lowest BCUT2D eigenvalue weighted by Crippen LogP contribution is -2.50. The maximum atomic E-state index is 11.4. The van der Waals surface area contributed by atoms with E-state index >= 15 is 0 Å². The zero-order valence-corrected chi connectivity index (χ0v) is 12.7. The van der Waals surface area contributed by atoms with Crippen LogP contribution < -0.4 is 5.32 Å². The summed E-state index contributed by atoms with van der Waals surface area (Å²) in [6.45, 7) is 2.94. The fourth-order valence-corrected chi connectivity index (χ4v) is 3.18. The van der Waals surface area contributed by atoms with Crippen molar-refractivity contribution in [1.82, 2.24) is 10.2 Å². The van der Waals surface area contributed by atoms with E-state index in [-0.39, 0.29) is 0 Å². The maximum Gasteiger partial charge on any atom is 0.323 e. The number of carboxylic acids is 1. The SMILES string of the molecule is CCC(CCCN(C)C1CCCCC1)(NC)C(=O)O. The van der Waals surface area contributed by atoms with Crippen LogP contribution in [0.2, 0.25) is 0 Å². The molecule has 0 heterocycles.